The molecule has 0 aliphatic heterocycles. The summed E-state index contributed by atoms with van der Waals surface area (Å²) in [5, 5.41) is 11.9. The molecule has 0 bridgehead atoms. The molecule has 0 spiro atoms. The summed E-state index contributed by atoms with van der Waals surface area (Å²) >= 11 is 0. The van der Waals surface area contributed by atoms with Gasteiger partial charge in [0.2, 0.25) is 0 Å². The second-order valence-corrected chi connectivity index (χ2v) is 4.23. The van der Waals surface area contributed by atoms with Crippen LogP contribution in [0.3, 0.4) is 0 Å². The van der Waals surface area contributed by atoms with Gasteiger partial charge in [-0.05, 0) is 42.0 Å². The van der Waals surface area contributed by atoms with Crippen LogP contribution in [0, 0.1) is 28.8 Å². The van der Waals surface area contributed by atoms with Gasteiger partial charge in [-0.1, -0.05) is 0 Å². The molecular formula is C15H11F3N2O. The molecule has 0 aromatic heterocycles. The van der Waals surface area contributed by atoms with E-state index in [1.54, 1.807) is 24.3 Å². The highest BCUT2D eigenvalue weighted by molar-refractivity contribution is 5.49. The van der Waals surface area contributed by atoms with Crippen LogP contribution in [0.1, 0.15) is 11.6 Å². The van der Waals surface area contributed by atoms with Crippen molar-refractivity contribution in [2.75, 3.05) is 12.4 Å². The van der Waals surface area contributed by atoms with Gasteiger partial charge in [0.1, 0.15) is 11.8 Å². The zero-order valence-corrected chi connectivity index (χ0v) is 11.0. The van der Waals surface area contributed by atoms with Crippen molar-refractivity contribution in [3.05, 3.63) is 59.4 Å². The van der Waals surface area contributed by atoms with Crippen molar-refractivity contribution in [2.24, 2.45) is 0 Å². The number of methoxy groups -OCH3 is 1. The van der Waals surface area contributed by atoms with Gasteiger partial charge in [0.05, 0.1) is 13.2 Å². The molecule has 0 radical (unpaired) electrons. The minimum Gasteiger partial charge on any atom is -0.497 e. The van der Waals surface area contributed by atoms with Crippen LogP contribution < -0.4 is 10.1 Å². The summed E-state index contributed by atoms with van der Waals surface area (Å²) in [6.45, 7) is 0. The van der Waals surface area contributed by atoms with E-state index in [0.717, 1.165) is 12.1 Å². The normalized spacial score (nSPS) is 11.6. The number of hydrogen-bond donors (Lipinski definition) is 1. The maximum Gasteiger partial charge on any atom is 0.194 e. The van der Waals surface area contributed by atoms with Gasteiger partial charge in [0.15, 0.2) is 17.5 Å². The van der Waals surface area contributed by atoms with Gasteiger partial charge in [-0.2, -0.15) is 5.26 Å². The quantitative estimate of drug-likeness (QED) is 0.872. The zero-order chi connectivity index (χ0) is 15.4. The van der Waals surface area contributed by atoms with Crippen LogP contribution >= 0.6 is 0 Å². The van der Waals surface area contributed by atoms with Crippen LogP contribution in [-0.2, 0) is 0 Å². The molecule has 1 N–H and O–H groups in total. The first-order chi connectivity index (χ1) is 10.0. The highest BCUT2D eigenvalue weighted by Crippen LogP contribution is 2.24. The van der Waals surface area contributed by atoms with Crippen molar-refractivity contribution in [3.63, 3.8) is 0 Å². The Labute approximate surface area is 119 Å². The lowest BCUT2D eigenvalue weighted by molar-refractivity contribution is 0.415. The van der Waals surface area contributed by atoms with E-state index in [1.165, 1.54) is 7.11 Å². The third-order valence-corrected chi connectivity index (χ3v) is 2.87. The van der Waals surface area contributed by atoms with E-state index in [-0.39, 0.29) is 5.56 Å². The molecule has 2 aromatic carbocycles. The predicted molar refractivity (Wildman–Crippen MR) is 71.3 cm³/mol. The highest BCUT2D eigenvalue weighted by atomic mass is 19.2. The number of benzene rings is 2. The largest absolute Gasteiger partial charge is 0.497 e. The third-order valence-electron chi connectivity index (χ3n) is 2.87. The number of halogens is 3. The van der Waals surface area contributed by atoms with E-state index in [9.17, 15) is 13.2 Å². The maximum absolute atomic E-state index is 13.2. The first-order valence-electron chi connectivity index (χ1n) is 6.00. The van der Waals surface area contributed by atoms with Gasteiger partial charge < -0.3 is 10.1 Å². The number of ether oxygens (including phenoxy) is 1. The molecule has 0 fully saturated rings. The molecule has 2 aromatic rings. The first kappa shape index (κ1) is 14.7. The third kappa shape index (κ3) is 3.26. The Morgan fingerprint density at radius 3 is 2.14 bits per heavy atom. The predicted octanol–water partition coefficient (Wildman–Crippen LogP) is 3.79. The number of nitriles is 1. The molecule has 0 saturated carbocycles. The fourth-order valence-electron chi connectivity index (χ4n) is 1.79. The average Bonchev–Trinajstić information content (AvgIpc) is 2.50. The van der Waals surface area contributed by atoms with Crippen molar-refractivity contribution in [1.82, 2.24) is 0 Å². The van der Waals surface area contributed by atoms with Crippen LogP contribution in [0.4, 0.5) is 18.9 Å². The van der Waals surface area contributed by atoms with E-state index in [0.29, 0.717) is 11.4 Å². The molecule has 0 amide bonds. The van der Waals surface area contributed by atoms with Gasteiger partial charge in [-0.15, -0.1) is 0 Å². The van der Waals surface area contributed by atoms with Crippen molar-refractivity contribution in [1.29, 1.82) is 5.26 Å². The van der Waals surface area contributed by atoms with Crippen LogP contribution in [0.5, 0.6) is 5.75 Å². The molecule has 1 atom stereocenters. The van der Waals surface area contributed by atoms with E-state index < -0.39 is 23.5 Å². The molecule has 6 heteroatoms. The summed E-state index contributed by atoms with van der Waals surface area (Å²) in [4.78, 5) is 0. The highest BCUT2D eigenvalue weighted by Gasteiger charge is 2.17. The monoisotopic (exact) mass is 292 g/mol. The van der Waals surface area contributed by atoms with Gasteiger partial charge >= 0.3 is 0 Å². The second kappa shape index (κ2) is 6.18. The smallest absolute Gasteiger partial charge is 0.194 e. The molecule has 1 unspecified atom stereocenters. The number of nitrogens with one attached hydrogen (secondary N) is 1. The molecular weight excluding hydrogens is 281 g/mol. The van der Waals surface area contributed by atoms with Crippen LogP contribution in [0.25, 0.3) is 0 Å². The minimum absolute atomic E-state index is 0.00437. The molecule has 0 saturated heterocycles. The standard InChI is InChI=1S/C15H11F3N2O/c1-21-11-4-2-10(3-5-11)20-14(8-19)9-6-12(16)15(18)13(17)7-9/h2-7,14,20H,1H3. The zero-order valence-electron chi connectivity index (χ0n) is 11.0. The Morgan fingerprint density at radius 1 is 1.10 bits per heavy atom. The van der Waals surface area contributed by atoms with Crippen LogP contribution in [-0.4, -0.2) is 7.11 Å². The van der Waals surface area contributed by atoms with Crippen molar-refractivity contribution in [3.8, 4) is 11.8 Å². The Morgan fingerprint density at radius 2 is 1.67 bits per heavy atom. The maximum atomic E-state index is 13.2. The number of hydrogen-bond acceptors (Lipinski definition) is 3. The Hall–Kier alpha value is -2.68. The molecule has 3 nitrogen and oxygen atoms in total. The Balaban J connectivity index is 2.25. The minimum atomic E-state index is -1.56. The summed E-state index contributed by atoms with van der Waals surface area (Å²) in [7, 11) is 1.52. The first-order valence-corrected chi connectivity index (χ1v) is 6.00. The van der Waals surface area contributed by atoms with Gasteiger partial charge in [0.25, 0.3) is 0 Å². The molecule has 108 valence electrons. The fourth-order valence-corrected chi connectivity index (χ4v) is 1.79. The molecule has 0 aliphatic carbocycles. The summed E-state index contributed by atoms with van der Waals surface area (Å²) in [5.41, 5.74) is 0.567. The SMILES string of the molecule is COc1ccc(NC(C#N)c2cc(F)c(F)c(F)c2)cc1. The van der Waals surface area contributed by atoms with Crippen molar-refractivity contribution in [2.45, 2.75) is 6.04 Å². The van der Waals surface area contributed by atoms with Gasteiger partial charge in [0, 0.05) is 5.69 Å². The lowest BCUT2D eigenvalue weighted by Gasteiger charge is -2.14. The summed E-state index contributed by atoms with van der Waals surface area (Å²) in [5.74, 6) is -3.59. The summed E-state index contributed by atoms with van der Waals surface area (Å²) in [6.07, 6.45) is 0. The topological polar surface area (TPSA) is 45.0 Å². The van der Waals surface area contributed by atoms with Crippen molar-refractivity contribution < 1.29 is 17.9 Å². The van der Waals surface area contributed by atoms with Crippen LogP contribution in [0.2, 0.25) is 0 Å². The summed E-state index contributed by atoms with van der Waals surface area (Å²) < 4.78 is 44.3. The second-order valence-electron chi connectivity index (χ2n) is 4.23. The molecule has 2 rings (SSSR count). The van der Waals surface area contributed by atoms with Crippen LogP contribution in [0.15, 0.2) is 36.4 Å². The lowest BCUT2D eigenvalue weighted by Crippen LogP contribution is -2.10. The molecule has 0 heterocycles. The number of anilines is 1. The fraction of sp³-hybridized carbons (Fsp3) is 0.133. The van der Waals surface area contributed by atoms with E-state index in [2.05, 4.69) is 5.32 Å². The number of nitrogens with zero attached hydrogens (tertiary/aromatic N) is 1. The van der Waals surface area contributed by atoms with E-state index in [1.807, 2.05) is 6.07 Å². The Kier molecular flexibility index (Phi) is 4.33. The number of rotatable bonds is 4. The molecule has 0 aliphatic rings. The lowest BCUT2D eigenvalue weighted by atomic mass is 10.1. The van der Waals surface area contributed by atoms with Crippen molar-refractivity contribution >= 4 is 5.69 Å². The van der Waals surface area contributed by atoms with Gasteiger partial charge in [-0.25, -0.2) is 13.2 Å². The van der Waals surface area contributed by atoms with Gasteiger partial charge in [-0.3, -0.25) is 0 Å². The summed E-state index contributed by atoms with van der Waals surface area (Å²) in [6, 6.07) is 9.09. The molecule has 21 heavy (non-hydrogen) atoms. The Bertz CT molecular complexity index is 657. The van der Waals surface area contributed by atoms with E-state index >= 15 is 0 Å². The van der Waals surface area contributed by atoms with E-state index in [4.69, 9.17) is 10.00 Å². The average molecular weight is 292 g/mol.